The maximum absolute atomic E-state index is 12.4. The number of fused-ring (bicyclic) bond motifs is 1. The lowest BCUT2D eigenvalue weighted by Crippen LogP contribution is -2.35. The van der Waals surface area contributed by atoms with Gasteiger partial charge in [0.15, 0.2) is 0 Å². The summed E-state index contributed by atoms with van der Waals surface area (Å²) in [6.07, 6.45) is 0.299. The maximum atomic E-state index is 12.4. The number of carbonyl (C=O) groups is 2. The van der Waals surface area contributed by atoms with Gasteiger partial charge in [0, 0.05) is 30.1 Å². The Labute approximate surface area is 150 Å². The van der Waals surface area contributed by atoms with Crippen LogP contribution in [-0.2, 0) is 11.2 Å². The summed E-state index contributed by atoms with van der Waals surface area (Å²) in [5, 5.41) is 6.17. The first kappa shape index (κ1) is 17.4. The molecule has 0 spiro atoms. The molecule has 1 aromatic heterocycles. The molecule has 0 saturated heterocycles. The van der Waals surface area contributed by atoms with E-state index in [1.165, 1.54) is 6.07 Å². The Morgan fingerprint density at radius 2 is 1.58 bits per heavy atom. The van der Waals surface area contributed by atoms with Gasteiger partial charge in [0.25, 0.3) is 5.91 Å². The van der Waals surface area contributed by atoms with Crippen molar-refractivity contribution in [3.8, 4) is 0 Å². The van der Waals surface area contributed by atoms with Crippen LogP contribution in [0.1, 0.15) is 15.9 Å². The lowest BCUT2D eigenvalue weighted by atomic mass is 10.1. The molecule has 0 atom stereocenters. The molecule has 0 bridgehead atoms. The topological polar surface area (TPSA) is 91.1 Å². The van der Waals surface area contributed by atoms with Gasteiger partial charge in [-0.1, -0.05) is 48.5 Å². The summed E-state index contributed by atoms with van der Waals surface area (Å²) in [6, 6.07) is 17.9. The Morgan fingerprint density at radius 3 is 2.38 bits per heavy atom. The van der Waals surface area contributed by atoms with Crippen LogP contribution in [0, 0.1) is 0 Å². The predicted molar refractivity (Wildman–Crippen MR) is 100 cm³/mol. The molecule has 2 amide bonds. The molecule has 6 nitrogen and oxygen atoms in total. The van der Waals surface area contributed by atoms with Gasteiger partial charge in [0.2, 0.25) is 11.5 Å². The number of H-pyrrole nitrogens is 1. The number of carbonyl (C=O) groups excluding carboxylic acids is 2. The van der Waals surface area contributed by atoms with E-state index < -0.39 is 0 Å². The minimum absolute atomic E-state index is 0.105. The molecule has 3 rings (SSSR count). The van der Waals surface area contributed by atoms with Crippen LogP contribution >= 0.6 is 0 Å². The van der Waals surface area contributed by atoms with Crippen LogP contribution in [-0.4, -0.2) is 29.9 Å². The highest BCUT2D eigenvalue weighted by Crippen LogP contribution is 2.14. The number of para-hydroxylation sites is 1. The second-order valence-electron chi connectivity index (χ2n) is 5.86. The zero-order chi connectivity index (χ0) is 18.4. The monoisotopic (exact) mass is 349 g/mol. The fourth-order valence-corrected chi connectivity index (χ4v) is 2.71. The van der Waals surface area contributed by atoms with Gasteiger partial charge in [-0.2, -0.15) is 0 Å². The SMILES string of the molecule is O=C(Cc1ccccc1)NCCNC(=O)c1cc(=O)[nH]c2ccccc12. The van der Waals surface area contributed by atoms with Gasteiger partial charge in [-0.15, -0.1) is 0 Å². The predicted octanol–water partition coefficient (Wildman–Crippen LogP) is 1.62. The molecule has 0 unspecified atom stereocenters. The summed E-state index contributed by atoms with van der Waals surface area (Å²) in [5.74, 6) is -0.448. The molecule has 0 aliphatic heterocycles. The zero-order valence-electron chi connectivity index (χ0n) is 14.1. The van der Waals surface area contributed by atoms with Crippen LogP contribution in [0.3, 0.4) is 0 Å². The van der Waals surface area contributed by atoms with E-state index in [4.69, 9.17) is 0 Å². The molecule has 0 fully saturated rings. The Hall–Kier alpha value is -3.41. The van der Waals surface area contributed by atoms with Crippen molar-refractivity contribution >= 4 is 22.7 Å². The molecule has 0 saturated carbocycles. The lowest BCUT2D eigenvalue weighted by Gasteiger charge is -2.09. The smallest absolute Gasteiger partial charge is 0.252 e. The first-order chi connectivity index (χ1) is 12.6. The molecule has 0 aliphatic rings. The number of aromatic nitrogens is 1. The van der Waals surface area contributed by atoms with E-state index in [2.05, 4.69) is 15.6 Å². The Balaban J connectivity index is 1.53. The minimum Gasteiger partial charge on any atom is -0.354 e. The fourth-order valence-electron chi connectivity index (χ4n) is 2.71. The summed E-state index contributed by atoms with van der Waals surface area (Å²) >= 11 is 0. The number of aromatic amines is 1. The van der Waals surface area contributed by atoms with E-state index in [0.29, 0.717) is 29.4 Å². The van der Waals surface area contributed by atoms with Gasteiger partial charge >= 0.3 is 0 Å². The van der Waals surface area contributed by atoms with Crippen molar-refractivity contribution in [2.24, 2.45) is 0 Å². The molecule has 0 aliphatic carbocycles. The number of hydrogen-bond donors (Lipinski definition) is 3. The number of benzene rings is 2. The highest BCUT2D eigenvalue weighted by molar-refractivity contribution is 6.05. The normalized spacial score (nSPS) is 10.5. The Morgan fingerprint density at radius 1 is 0.885 bits per heavy atom. The van der Waals surface area contributed by atoms with Crippen molar-refractivity contribution in [3.05, 3.63) is 82.1 Å². The molecule has 132 valence electrons. The van der Waals surface area contributed by atoms with E-state index in [9.17, 15) is 14.4 Å². The second-order valence-corrected chi connectivity index (χ2v) is 5.86. The van der Waals surface area contributed by atoms with Crippen LogP contribution in [0.25, 0.3) is 10.9 Å². The quantitative estimate of drug-likeness (QED) is 0.591. The Kier molecular flexibility index (Phi) is 5.43. The molecule has 6 heteroatoms. The summed E-state index contributed by atoms with van der Waals surface area (Å²) in [6.45, 7) is 0.596. The van der Waals surface area contributed by atoms with Crippen LogP contribution < -0.4 is 16.2 Å². The van der Waals surface area contributed by atoms with Crippen molar-refractivity contribution < 1.29 is 9.59 Å². The first-order valence-corrected chi connectivity index (χ1v) is 8.34. The highest BCUT2D eigenvalue weighted by Gasteiger charge is 2.11. The molecule has 0 radical (unpaired) electrons. The molecular formula is C20H19N3O3. The van der Waals surface area contributed by atoms with E-state index >= 15 is 0 Å². The average molecular weight is 349 g/mol. The third-order valence-electron chi connectivity index (χ3n) is 3.94. The zero-order valence-corrected chi connectivity index (χ0v) is 14.1. The van der Waals surface area contributed by atoms with Crippen molar-refractivity contribution in [2.75, 3.05) is 13.1 Å². The largest absolute Gasteiger partial charge is 0.354 e. The molecule has 1 heterocycles. The number of amides is 2. The molecule has 26 heavy (non-hydrogen) atoms. The maximum Gasteiger partial charge on any atom is 0.252 e. The lowest BCUT2D eigenvalue weighted by molar-refractivity contribution is -0.120. The number of rotatable bonds is 6. The second kappa shape index (κ2) is 8.11. The van der Waals surface area contributed by atoms with Gasteiger partial charge < -0.3 is 15.6 Å². The van der Waals surface area contributed by atoms with Crippen LogP contribution in [0.5, 0.6) is 0 Å². The molecule has 3 N–H and O–H groups in total. The van der Waals surface area contributed by atoms with Crippen LogP contribution in [0.4, 0.5) is 0 Å². The van der Waals surface area contributed by atoms with Crippen molar-refractivity contribution in [1.29, 1.82) is 0 Å². The van der Waals surface area contributed by atoms with Crippen molar-refractivity contribution in [2.45, 2.75) is 6.42 Å². The minimum atomic E-state index is -0.343. The summed E-state index contributed by atoms with van der Waals surface area (Å²) in [7, 11) is 0. The molecular weight excluding hydrogens is 330 g/mol. The third-order valence-corrected chi connectivity index (χ3v) is 3.94. The molecule has 2 aromatic carbocycles. The van der Waals surface area contributed by atoms with E-state index in [-0.39, 0.29) is 23.9 Å². The number of hydrogen-bond acceptors (Lipinski definition) is 3. The first-order valence-electron chi connectivity index (χ1n) is 8.34. The number of pyridine rings is 1. The van der Waals surface area contributed by atoms with Gasteiger partial charge in [-0.05, 0) is 11.6 Å². The summed E-state index contributed by atoms with van der Waals surface area (Å²) in [5.41, 5.74) is 1.54. The van der Waals surface area contributed by atoms with Gasteiger partial charge in [-0.3, -0.25) is 14.4 Å². The average Bonchev–Trinajstić information content (AvgIpc) is 2.65. The summed E-state index contributed by atoms with van der Waals surface area (Å²) < 4.78 is 0. The van der Waals surface area contributed by atoms with E-state index in [1.54, 1.807) is 24.3 Å². The Bertz CT molecular complexity index is 980. The van der Waals surface area contributed by atoms with Crippen molar-refractivity contribution in [3.63, 3.8) is 0 Å². The third kappa shape index (κ3) is 4.36. The van der Waals surface area contributed by atoms with Gasteiger partial charge in [0.05, 0.1) is 12.0 Å². The van der Waals surface area contributed by atoms with Crippen LogP contribution in [0.15, 0.2) is 65.5 Å². The van der Waals surface area contributed by atoms with E-state index in [1.807, 2.05) is 30.3 Å². The number of nitrogens with one attached hydrogen (secondary N) is 3. The van der Waals surface area contributed by atoms with Gasteiger partial charge in [0.1, 0.15) is 0 Å². The standard InChI is InChI=1S/C20H19N3O3/c24-18(12-14-6-2-1-3-7-14)21-10-11-22-20(26)16-13-19(25)23-17-9-5-4-8-15(16)17/h1-9,13H,10-12H2,(H,21,24)(H,22,26)(H,23,25). The van der Waals surface area contributed by atoms with Gasteiger partial charge in [-0.25, -0.2) is 0 Å². The van der Waals surface area contributed by atoms with Crippen LogP contribution in [0.2, 0.25) is 0 Å². The highest BCUT2D eigenvalue weighted by atomic mass is 16.2. The summed E-state index contributed by atoms with van der Waals surface area (Å²) in [4.78, 5) is 38.7. The fraction of sp³-hybridized carbons (Fsp3) is 0.150. The molecule has 3 aromatic rings. The van der Waals surface area contributed by atoms with E-state index in [0.717, 1.165) is 5.56 Å². The van der Waals surface area contributed by atoms with Crippen molar-refractivity contribution in [1.82, 2.24) is 15.6 Å².